The third-order valence-electron chi connectivity index (χ3n) is 4.80. The summed E-state index contributed by atoms with van der Waals surface area (Å²) in [4.78, 5) is 7.89. The summed E-state index contributed by atoms with van der Waals surface area (Å²) < 4.78 is 72.8. The largest absolute Gasteiger partial charge is 0.474 e. The van der Waals surface area contributed by atoms with Gasteiger partial charge in [0, 0.05) is 43.1 Å². The molecule has 0 amide bonds. The maximum Gasteiger partial charge on any atom is 0.417 e. The number of aromatic nitrogens is 3. The number of rotatable bonds is 7. The zero-order valence-electron chi connectivity index (χ0n) is 16.2. The number of hydrogen-bond donors (Lipinski definition) is 0. The molecule has 31 heavy (non-hydrogen) atoms. The quantitative estimate of drug-likeness (QED) is 0.393. The first kappa shape index (κ1) is 21.0. The lowest BCUT2D eigenvalue weighted by molar-refractivity contribution is -0.138. The number of ether oxygens (including phenoxy) is 3. The molecule has 3 heterocycles. The van der Waals surface area contributed by atoms with Crippen molar-refractivity contribution in [3.8, 4) is 23.1 Å². The van der Waals surface area contributed by atoms with E-state index in [2.05, 4.69) is 15.1 Å². The second-order valence-corrected chi connectivity index (χ2v) is 6.96. The Balaban J connectivity index is 1.32. The predicted molar refractivity (Wildman–Crippen MR) is 97.8 cm³/mol. The molecule has 3 aromatic rings. The average Bonchev–Trinajstić information content (AvgIpc) is 3.18. The van der Waals surface area contributed by atoms with Gasteiger partial charge in [-0.25, -0.2) is 9.37 Å². The molecule has 0 atom stereocenters. The summed E-state index contributed by atoms with van der Waals surface area (Å²) >= 11 is 0. The number of hydrogen-bond acceptors (Lipinski definition) is 7. The van der Waals surface area contributed by atoms with E-state index >= 15 is 0 Å². The molecule has 1 saturated carbocycles. The number of methoxy groups -OCH3 is 1. The smallest absolute Gasteiger partial charge is 0.417 e. The third-order valence-corrected chi connectivity index (χ3v) is 4.80. The Labute approximate surface area is 174 Å². The van der Waals surface area contributed by atoms with Crippen LogP contribution >= 0.6 is 0 Å². The van der Waals surface area contributed by atoms with Crippen LogP contribution in [-0.2, 0) is 10.9 Å². The van der Waals surface area contributed by atoms with E-state index in [4.69, 9.17) is 18.7 Å². The summed E-state index contributed by atoms with van der Waals surface area (Å²) in [6.45, 7) is 0.0469. The maximum absolute atomic E-state index is 14.0. The topological polar surface area (TPSA) is 79.5 Å². The highest BCUT2D eigenvalue weighted by Gasteiger charge is 2.37. The van der Waals surface area contributed by atoms with Crippen LogP contribution in [-0.4, -0.2) is 35.1 Å². The van der Waals surface area contributed by atoms with Gasteiger partial charge in [0.2, 0.25) is 5.88 Å². The highest BCUT2D eigenvalue weighted by Crippen LogP contribution is 2.40. The summed E-state index contributed by atoms with van der Waals surface area (Å²) in [6.07, 6.45) is -1.79. The molecule has 0 aromatic carbocycles. The van der Waals surface area contributed by atoms with E-state index in [-0.39, 0.29) is 30.4 Å². The minimum absolute atomic E-state index is 0.0213. The van der Waals surface area contributed by atoms with Crippen LogP contribution in [0.4, 0.5) is 17.6 Å². The van der Waals surface area contributed by atoms with E-state index in [1.165, 1.54) is 7.11 Å². The van der Waals surface area contributed by atoms with Gasteiger partial charge in [0.05, 0.1) is 11.3 Å². The molecule has 7 nitrogen and oxygen atoms in total. The first-order chi connectivity index (χ1) is 14.8. The molecule has 4 rings (SSSR count). The summed E-state index contributed by atoms with van der Waals surface area (Å²) in [6, 6.07) is 5.46. The number of pyridine rings is 2. The second-order valence-electron chi connectivity index (χ2n) is 6.96. The van der Waals surface area contributed by atoms with Crippen molar-refractivity contribution in [1.29, 1.82) is 0 Å². The molecular weight excluding hydrogens is 422 g/mol. The Bertz CT molecular complexity index is 1030. The molecule has 0 N–H and O–H groups in total. The van der Waals surface area contributed by atoms with Gasteiger partial charge < -0.3 is 18.7 Å². The fourth-order valence-corrected chi connectivity index (χ4v) is 3.14. The van der Waals surface area contributed by atoms with Gasteiger partial charge in [0.1, 0.15) is 11.9 Å². The molecule has 0 bridgehead atoms. The van der Waals surface area contributed by atoms with Gasteiger partial charge in [-0.15, -0.1) is 0 Å². The zero-order valence-corrected chi connectivity index (χ0v) is 16.2. The monoisotopic (exact) mass is 439 g/mol. The van der Waals surface area contributed by atoms with Gasteiger partial charge in [-0.2, -0.15) is 13.2 Å². The Kier molecular flexibility index (Phi) is 5.77. The van der Waals surface area contributed by atoms with Crippen LogP contribution in [0, 0.1) is 5.82 Å². The van der Waals surface area contributed by atoms with Crippen LogP contribution in [0.15, 0.2) is 41.2 Å². The third kappa shape index (κ3) is 4.76. The summed E-state index contributed by atoms with van der Waals surface area (Å²) in [5.74, 6) is -0.157. The fourth-order valence-electron chi connectivity index (χ4n) is 3.14. The van der Waals surface area contributed by atoms with Crippen LogP contribution < -0.4 is 9.47 Å². The van der Waals surface area contributed by atoms with E-state index in [0.29, 0.717) is 42.3 Å². The van der Waals surface area contributed by atoms with E-state index in [0.717, 1.165) is 0 Å². The first-order valence-electron chi connectivity index (χ1n) is 9.27. The predicted octanol–water partition coefficient (Wildman–Crippen LogP) is 4.60. The molecule has 0 unspecified atom stereocenters. The summed E-state index contributed by atoms with van der Waals surface area (Å²) in [5.41, 5.74) is -0.420. The molecule has 1 aliphatic rings. The molecule has 3 aromatic heterocycles. The van der Waals surface area contributed by atoms with Crippen LogP contribution in [0.1, 0.15) is 30.0 Å². The normalized spacial score (nSPS) is 18.5. The van der Waals surface area contributed by atoms with E-state index in [1.54, 1.807) is 24.4 Å². The van der Waals surface area contributed by atoms with Gasteiger partial charge in [-0.1, -0.05) is 0 Å². The van der Waals surface area contributed by atoms with Crippen molar-refractivity contribution in [3.63, 3.8) is 0 Å². The molecular formula is C20H17F4N3O4. The molecule has 0 radical (unpaired) electrons. The van der Waals surface area contributed by atoms with Crippen molar-refractivity contribution in [1.82, 2.24) is 15.1 Å². The van der Waals surface area contributed by atoms with Crippen molar-refractivity contribution >= 4 is 0 Å². The van der Waals surface area contributed by atoms with Crippen molar-refractivity contribution in [2.45, 2.75) is 31.0 Å². The van der Waals surface area contributed by atoms with Gasteiger partial charge in [0.15, 0.2) is 12.6 Å². The van der Waals surface area contributed by atoms with Crippen molar-refractivity contribution in [2.24, 2.45) is 0 Å². The van der Waals surface area contributed by atoms with Gasteiger partial charge in [-0.3, -0.25) is 4.98 Å². The Morgan fingerprint density at radius 3 is 2.55 bits per heavy atom. The lowest BCUT2D eigenvalue weighted by atomic mass is 9.79. The van der Waals surface area contributed by atoms with Gasteiger partial charge in [0.25, 0.3) is 5.88 Å². The van der Waals surface area contributed by atoms with Crippen LogP contribution in [0.3, 0.4) is 0 Å². The molecule has 11 heteroatoms. The molecule has 0 saturated heterocycles. The van der Waals surface area contributed by atoms with Crippen molar-refractivity contribution < 1.29 is 36.3 Å². The minimum atomic E-state index is -4.63. The van der Waals surface area contributed by atoms with Crippen LogP contribution in [0.5, 0.6) is 11.8 Å². The SMILES string of the molecule is COCOc1cc(-c2ccc(OC3CC(c4ncc(C(F)(F)F)cc4F)C3)nc2)on1. The number of alkyl halides is 3. The average molecular weight is 439 g/mol. The minimum Gasteiger partial charge on any atom is -0.474 e. The van der Waals surface area contributed by atoms with Gasteiger partial charge >= 0.3 is 6.18 Å². The Morgan fingerprint density at radius 1 is 1.10 bits per heavy atom. The molecule has 164 valence electrons. The number of nitrogens with zero attached hydrogens (tertiary/aromatic N) is 3. The highest BCUT2D eigenvalue weighted by atomic mass is 19.4. The molecule has 1 aliphatic carbocycles. The highest BCUT2D eigenvalue weighted by molar-refractivity contribution is 5.57. The molecule has 0 aliphatic heterocycles. The Hall–Kier alpha value is -3.21. The fraction of sp³-hybridized carbons (Fsp3) is 0.350. The van der Waals surface area contributed by atoms with Crippen LogP contribution in [0.2, 0.25) is 0 Å². The summed E-state index contributed by atoms with van der Waals surface area (Å²) in [7, 11) is 1.49. The van der Waals surface area contributed by atoms with E-state index < -0.39 is 17.6 Å². The maximum atomic E-state index is 14.0. The van der Waals surface area contributed by atoms with Crippen molar-refractivity contribution in [3.05, 3.63) is 53.7 Å². The second kappa shape index (κ2) is 8.50. The Morgan fingerprint density at radius 2 is 1.90 bits per heavy atom. The zero-order chi connectivity index (χ0) is 22.0. The standard InChI is InChI=1S/C20H17F4N3O4/c1-28-10-29-18-7-16(31-27-18)11-2-3-17(25-8-11)30-14-4-12(5-14)19-15(21)6-13(9-26-19)20(22,23)24/h2-3,6-9,12,14H,4-5,10H2,1H3. The lowest BCUT2D eigenvalue weighted by Crippen LogP contribution is -2.33. The van der Waals surface area contributed by atoms with Crippen molar-refractivity contribution in [2.75, 3.05) is 13.9 Å². The lowest BCUT2D eigenvalue weighted by Gasteiger charge is -2.34. The number of halogens is 4. The van der Waals surface area contributed by atoms with Gasteiger partial charge in [-0.05, 0) is 30.1 Å². The molecule has 0 spiro atoms. The summed E-state index contributed by atoms with van der Waals surface area (Å²) in [5, 5.41) is 3.75. The van der Waals surface area contributed by atoms with E-state index in [1.807, 2.05) is 0 Å². The first-order valence-corrected chi connectivity index (χ1v) is 9.27. The van der Waals surface area contributed by atoms with E-state index in [9.17, 15) is 17.6 Å². The van der Waals surface area contributed by atoms with Crippen LogP contribution in [0.25, 0.3) is 11.3 Å². The molecule has 1 fully saturated rings.